The average Bonchev–Trinajstić information content (AvgIpc) is 1.87. The topological polar surface area (TPSA) is 72.2 Å². The van der Waals surface area contributed by atoms with Gasteiger partial charge in [0.15, 0.2) is 0 Å². The molecule has 1 unspecified atom stereocenters. The van der Waals surface area contributed by atoms with E-state index in [0.29, 0.717) is 6.29 Å². The minimum atomic E-state index is -0.688. The molecule has 4 nitrogen and oxygen atoms in total. The lowest BCUT2D eigenvalue weighted by molar-refractivity contribution is -0.123. The summed E-state index contributed by atoms with van der Waals surface area (Å²) in [6.45, 7) is 0. The van der Waals surface area contributed by atoms with Crippen molar-refractivity contribution in [2.24, 2.45) is 5.73 Å². The molecule has 4 heteroatoms. The van der Waals surface area contributed by atoms with E-state index in [1.54, 1.807) is 0 Å². The van der Waals surface area contributed by atoms with Crippen LogP contribution < -0.4 is 11.1 Å². The van der Waals surface area contributed by atoms with Gasteiger partial charge in [-0.05, 0) is 0 Å². The van der Waals surface area contributed by atoms with Gasteiger partial charge < -0.3 is 15.8 Å². The molecule has 0 spiro atoms. The fourth-order valence-electron chi connectivity index (χ4n) is 0.396. The van der Waals surface area contributed by atoms with Crippen molar-refractivity contribution in [2.75, 3.05) is 7.05 Å². The zero-order valence-electron chi connectivity index (χ0n) is 5.26. The number of nitrogens with one attached hydrogen (secondary N) is 1. The van der Waals surface area contributed by atoms with Gasteiger partial charge in [0.1, 0.15) is 6.29 Å². The molecule has 1 atom stereocenters. The first kappa shape index (κ1) is 8.10. The number of rotatable bonds is 3. The third-order valence-electron chi connectivity index (χ3n) is 0.933. The smallest absolute Gasteiger partial charge is 0.237 e. The van der Waals surface area contributed by atoms with Crippen LogP contribution >= 0.6 is 0 Å². The minimum absolute atomic E-state index is 0.0830. The Morgan fingerprint density at radius 2 is 2.44 bits per heavy atom. The highest BCUT2D eigenvalue weighted by atomic mass is 16.2. The van der Waals surface area contributed by atoms with E-state index in [9.17, 15) is 9.59 Å². The van der Waals surface area contributed by atoms with Crippen molar-refractivity contribution in [3.05, 3.63) is 0 Å². The largest absolute Gasteiger partial charge is 0.358 e. The van der Waals surface area contributed by atoms with Gasteiger partial charge in [0.25, 0.3) is 0 Å². The number of carbonyl (C=O) groups is 2. The summed E-state index contributed by atoms with van der Waals surface area (Å²) < 4.78 is 0. The van der Waals surface area contributed by atoms with Crippen molar-refractivity contribution in [2.45, 2.75) is 12.5 Å². The lowest BCUT2D eigenvalue weighted by Gasteiger charge is -2.03. The van der Waals surface area contributed by atoms with Crippen LogP contribution in [0, 0.1) is 0 Å². The molecule has 1 amide bonds. The van der Waals surface area contributed by atoms with E-state index in [1.807, 2.05) is 0 Å². The van der Waals surface area contributed by atoms with E-state index in [0.717, 1.165) is 0 Å². The summed E-state index contributed by atoms with van der Waals surface area (Å²) in [6.07, 6.45) is 0.708. The zero-order chi connectivity index (χ0) is 7.28. The number of hydrogen-bond acceptors (Lipinski definition) is 3. The molecule has 0 aliphatic heterocycles. The summed E-state index contributed by atoms with van der Waals surface area (Å²) in [6, 6.07) is -0.688. The Kier molecular flexibility index (Phi) is 3.62. The third-order valence-corrected chi connectivity index (χ3v) is 0.933. The van der Waals surface area contributed by atoms with Crippen LogP contribution in [0.4, 0.5) is 0 Å². The van der Waals surface area contributed by atoms with Crippen LogP contribution in [-0.4, -0.2) is 25.3 Å². The molecule has 0 aliphatic carbocycles. The molecule has 0 saturated carbocycles. The first-order valence-corrected chi connectivity index (χ1v) is 2.63. The monoisotopic (exact) mass is 130 g/mol. The predicted molar refractivity (Wildman–Crippen MR) is 32.7 cm³/mol. The van der Waals surface area contributed by atoms with Gasteiger partial charge in [-0.3, -0.25) is 4.79 Å². The number of nitrogens with two attached hydrogens (primary N) is 1. The maximum Gasteiger partial charge on any atom is 0.237 e. The molecule has 3 N–H and O–H groups in total. The van der Waals surface area contributed by atoms with Gasteiger partial charge in [0.05, 0.1) is 6.04 Å². The van der Waals surface area contributed by atoms with Crippen molar-refractivity contribution < 1.29 is 9.59 Å². The van der Waals surface area contributed by atoms with Gasteiger partial charge in [-0.15, -0.1) is 0 Å². The van der Waals surface area contributed by atoms with Crippen LogP contribution in [0.15, 0.2) is 0 Å². The standard InChI is InChI=1S/C5H10N2O2/c1-7-5(9)4(6)2-3-8/h3-4H,2,6H2,1H3,(H,7,9). The first-order valence-electron chi connectivity index (χ1n) is 2.63. The van der Waals surface area contributed by atoms with Crippen LogP contribution in [0.25, 0.3) is 0 Å². The number of amides is 1. The third kappa shape index (κ3) is 2.81. The fourth-order valence-corrected chi connectivity index (χ4v) is 0.396. The predicted octanol–water partition coefficient (Wildman–Crippen LogP) is -1.35. The number of aldehydes is 1. The Hall–Kier alpha value is -0.900. The molecule has 0 heterocycles. The summed E-state index contributed by atoms with van der Waals surface area (Å²) in [4.78, 5) is 20.3. The highest BCUT2D eigenvalue weighted by Gasteiger charge is 2.08. The Morgan fingerprint density at radius 3 is 2.78 bits per heavy atom. The minimum Gasteiger partial charge on any atom is -0.358 e. The summed E-state index contributed by atoms with van der Waals surface area (Å²) in [5.41, 5.74) is 5.19. The molecule has 0 saturated heterocycles. The van der Waals surface area contributed by atoms with Crippen LogP contribution in [0.2, 0.25) is 0 Å². The van der Waals surface area contributed by atoms with E-state index in [1.165, 1.54) is 7.05 Å². The maximum absolute atomic E-state index is 10.5. The van der Waals surface area contributed by atoms with E-state index < -0.39 is 6.04 Å². The number of likely N-dealkylation sites (N-methyl/N-ethyl adjacent to an activating group) is 1. The van der Waals surface area contributed by atoms with Gasteiger partial charge in [-0.2, -0.15) is 0 Å². The maximum atomic E-state index is 10.5. The molecule has 0 aliphatic rings. The molecule has 0 aromatic heterocycles. The Morgan fingerprint density at radius 1 is 1.89 bits per heavy atom. The van der Waals surface area contributed by atoms with Gasteiger partial charge in [-0.25, -0.2) is 0 Å². The average molecular weight is 130 g/mol. The summed E-state index contributed by atoms with van der Waals surface area (Å²) in [7, 11) is 1.48. The molecule has 0 radical (unpaired) electrons. The molecule has 0 aromatic carbocycles. The summed E-state index contributed by atoms with van der Waals surface area (Å²) in [5, 5.41) is 2.33. The van der Waals surface area contributed by atoms with Crippen molar-refractivity contribution in [3.8, 4) is 0 Å². The number of hydrogen-bond donors (Lipinski definition) is 2. The van der Waals surface area contributed by atoms with E-state index in [4.69, 9.17) is 5.73 Å². The van der Waals surface area contributed by atoms with Gasteiger partial charge in [0.2, 0.25) is 5.91 Å². The van der Waals surface area contributed by atoms with E-state index >= 15 is 0 Å². The Balaban J connectivity index is 3.58. The highest BCUT2D eigenvalue weighted by Crippen LogP contribution is 1.81. The van der Waals surface area contributed by atoms with Crippen molar-refractivity contribution in [1.82, 2.24) is 5.32 Å². The quantitative estimate of drug-likeness (QED) is 0.464. The van der Waals surface area contributed by atoms with Crippen molar-refractivity contribution >= 4 is 12.2 Å². The normalized spacial score (nSPS) is 12.2. The van der Waals surface area contributed by atoms with Crippen LogP contribution in [-0.2, 0) is 9.59 Å². The molecule has 0 bridgehead atoms. The van der Waals surface area contributed by atoms with Gasteiger partial charge >= 0.3 is 0 Å². The van der Waals surface area contributed by atoms with Gasteiger partial charge in [0, 0.05) is 13.5 Å². The lowest BCUT2D eigenvalue weighted by Crippen LogP contribution is -2.38. The molecular formula is C5H10N2O2. The van der Waals surface area contributed by atoms with Crippen LogP contribution in [0.3, 0.4) is 0 Å². The summed E-state index contributed by atoms with van der Waals surface area (Å²) in [5.74, 6) is -0.304. The Bertz CT molecular complexity index is 114. The van der Waals surface area contributed by atoms with Crippen LogP contribution in [0.5, 0.6) is 0 Å². The molecule has 9 heavy (non-hydrogen) atoms. The SMILES string of the molecule is CNC(=O)C(N)CC=O. The first-order chi connectivity index (χ1) is 4.22. The molecule has 0 fully saturated rings. The highest BCUT2D eigenvalue weighted by molar-refractivity contribution is 5.83. The second-order valence-corrected chi connectivity index (χ2v) is 1.62. The molecule has 52 valence electrons. The molecule has 0 rings (SSSR count). The Labute approximate surface area is 53.4 Å². The second-order valence-electron chi connectivity index (χ2n) is 1.62. The fraction of sp³-hybridized carbons (Fsp3) is 0.600. The second kappa shape index (κ2) is 4.03. The van der Waals surface area contributed by atoms with E-state index in [2.05, 4.69) is 5.32 Å². The van der Waals surface area contributed by atoms with Crippen molar-refractivity contribution in [3.63, 3.8) is 0 Å². The molecular weight excluding hydrogens is 120 g/mol. The molecule has 0 aromatic rings. The summed E-state index contributed by atoms with van der Waals surface area (Å²) >= 11 is 0. The van der Waals surface area contributed by atoms with Crippen LogP contribution in [0.1, 0.15) is 6.42 Å². The number of carbonyl (C=O) groups excluding carboxylic acids is 2. The van der Waals surface area contributed by atoms with Gasteiger partial charge in [-0.1, -0.05) is 0 Å². The van der Waals surface area contributed by atoms with Crippen molar-refractivity contribution in [1.29, 1.82) is 0 Å². The zero-order valence-corrected chi connectivity index (χ0v) is 5.26. The van der Waals surface area contributed by atoms with E-state index in [-0.39, 0.29) is 12.3 Å². The lowest BCUT2D eigenvalue weighted by atomic mass is 10.2.